The molecule has 0 aliphatic carbocycles. The van der Waals surface area contributed by atoms with E-state index in [2.05, 4.69) is 27.2 Å². The highest BCUT2D eigenvalue weighted by Gasteiger charge is 2.27. The molecule has 1 aliphatic rings. The molecular formula is C25H23F4N5. The molecule has 5 rings (SSSR count). The number of likely N-dealkylation sites (N-methyl/N-ethyl adjacent to an activating group) is 1. The number of nitrogens with zero attached hydrogens (tertiary/aromatic N) is 5. The zero-order valence-corrected chi connectivity index (χ0v) is 18.8. The van der Waals surface area contributed by atoms with Crippen LogP contribution in [0, 0.1) is 23.3 Å². The van der Waals surface area contributed by atoms with Gasteiger partial charge in [-0.25, -0.2) is 22.2 Å². The second kappa shape index (κ2) is 8.81. The molecule has 0 unspecified atom stereocenters. The van der Waals surface area contributed by atoms with Crippen LogP contribution in [0.5, 0.6) is 0 Å². The smallest absolute Gasteiger partial charge is 0.170 e. The van der Waals surface area contributed by atoms with Crippen molar-refractivity contribution >= 4 is 11.0 Å². The van der Waals surface area contributed by atoms with Crippen molar-refractivity contribution in [1.29, 1.82) is 0 Å². The van der Waals surface area contributed by atoms with Gasteiger partial charge in [0.1, 0.15) is 5.52 Å². The van der Waals surface area contributed by atoms with Gasteiger partial charge in [0.05, 0.1) is 16.6 Å². The van der Waals surface area contributed by atoms with Crippen LogP contribution in [0.4, 0.5) is 17.6 Å². The number of piperazine rings is 1. The van der Waals surface area contributed by atoms with E-state index in [1.54, 1.807) is 25.2 Å². The molecular weight excluding hydrogens is 446 g/mol. The average Bonchev–Trinajstić information content (AvgIpc) is 3.20. The molecule has 0 atom stereocenters. The van der Waals surface area contributed by atoms with Crippen molar-refractivity contribution < 1.29 is 17.6 Å². The maximum absolute atomic E-state index is 15.2. The SMILES string of the molecule is CN1CCN(Cc2cccc(-c3c(F)c(F)c(-c4ccc5c(c4)nnn5C)c(F)c3F)c2)CC1. The summed E-state index contributed by atoms with van der Waals surface area (Å²) in [6.07, 6.45) is 0. The van der Waals surface area contributed by atoms with Gasteiger partial charge in [-0.3, -0.25) is 4.90 Å². The summed E-state index contributed by atoms with van der Waals surface area (Å²) in [7, 11) is 3.73. The summed E-state index contributed by atoms with van der Waals surface area (Å²) >= 11 is 0. The highest BCUT2D eigenvalue weighted by molar-refractivity contribution is 5.82. The first-order valence-electron chi connectivity index (χ1n) is 11.0. The third-order valence-electron chi connectivity index (χ3n) is 6.38. The van der Waals surface area contributed by atoms with Crippen LogP contribution in [-0.2, 0) is 13.6 Å². The van der Waals surface area contributed by atoms with Gasteiger partial charge in [0.25, 0.3) is 0 Å². The Morgan fingerprint density at radius 3 is 2.03 bits per heavy atom. The van der Waals surface area contributed by atoms with Gasteiger partial charge in [0, 0.05) is 39.8 Å². The summed E-state index contributed by atoms with van der Waals surface area (Å²) < 4.78 is 62.2. The lowest BCUT2D eigenvalue weighted by Crippen LogP contribution is -2.43. The second-order valence-electron chi connectivity index (χ2n) is 8.70. The van der Waals surface area contributed by atoms with Crippen molar-refractivity contribution in [3.63, 3.8) is 0 Å². The highest BCUT2D eigenvalue weighted by Crippen LogP contribution is 2.37. The number of fused-ring (bicyclic) bond motifs is 1. The molecule has 1 aromatic heterocycles. The monoisotopic (exact) mass is 469 g/mol. The summed E-state index contributed by atoms with van der Waals surface area (Å²) in [6, 6.07) is 10.8. The van der Waals surface area contributed by atoms with E-state index in [1.165, 1.54) is 22.9 Å². The lowest BCUT2D eigenvalue weighted by atomic mass is 9.96. The Morgan fingerprint density at radius 1 is 0.765 bits per heavy atom. The zero-order chi connectivity index (χ0) is 24.0. The van der Waals surface area contributed by atoms with Crippen molar-refractivity contribution in [2.75, 3.05) is 33.2 Å². The Labute approximate surface area is 194 Å². The van der Waals surface area contributed by atoms with Crippen molar-refractivity contribution in [3.05, 3.63) is 71.3 Å². The van der Waals surface area contributed by atoms with Crippen molar-refractivity contribution in [2.24, 2.45) is 7.05 Å². The van der Waals surface area contributed by atoms with E-state index >= 15 is 17.6 Å². The number of halogens is 4. The minimum absolute atomic E-state index is 0.0174. The van der Waals surface area contributed by atoms with Crippen LogP contribution in [-0.4, -0.2) is 58.0 Å². The Bertz CT molecular complexity index is 1350. The number of hydrogen-bond donors (Lipinski definition) is 0. The van der Waals surface area contributed by atoms with E-state index in [0.717, 1.165) is 31.7 Å². The van der Waals surface area contributed by atoms with Gasteiger partial charge >= 0.3 is 0 Å². The molecule has 0 N–H and O–H groups in total. The average molecular weight is 469 g/mol. The fourth-order valence-electron chi connectivity index (χ4n) is 4.42. The molecule has 3 aromatic carbocycles. The van der Waals surface area contributed by atoms with E-state index in [4.69, 9.17) is 0 Å². The van der Waals surface area contributed by atoms with Crippen LogP contribution in [0.2, 0.25) is 0 Å². The molecule has 4 aromatic rings. The summed E-state index contributed by atoms with van der Waals surface area (Å²) in [5.74, 6) is -5.74. The highest BCUT2D eigenvalue weighted by atomic mass is 19.2. The maximum atomic E-state index is 15.2. The molecule has 1 fully saturated rings. The van der Waals surface area contributed by atoms with Crippen molar-refractivity contribution in [2.45, 2.75) is 6.54 Å². The van der Waals surface area contributed by atoms with E-state index in [-0.39, 0.29) is 11.1 Å². The van der Waals surface area contributed by atoms with E-state index in [1.807, 2.05) is 6.07 Å². The minimum atomic E-state index is -1.44. The lowest BCUT2D eigenvalue weighted by molar-refractivity contribution is 0.148. The number of rotatable bonds is 4. The maximum Gasteiger partial charge on any atom is 0.170 e. The summed E-state index contributed by atoms with van der Waals surface area (Å²) in [5, 5.41) is 7.75. The fraction of sp³-hybridized carbons (Fsp3) is 0.280. The molecule has 0 spiro atoms. The van der Waals surface area contributed by atoms with Gasteiger partial charge in [0.15, 0.2) is 23.3 Å². The zero-order valence-electron chi connectivity index (χ0n) is 18.8. The summed E-state index contributed by atoms with van der Waals surface area (Å²) in [4.78, 5) is 4.46. The van der Waals surface area contributed by atoms with Gasteiger partial charge in [0.2, 0.25) is 0 Å². The van der Waals surface area contributed by atoms with Crippen LogP contribution in [0.25, 0.3) is 33.3 Å². The second-order valence-corrected chi connectivity index (χ2v) is 8.70. The third kappa shape index (κ3) is 3.95. The lowest BCUT2D eigenvalue weighted by Gasteiger charge is -2.32. The molecule has 9 heteroatoms. The molecule has 0 amide bonds. The Morgan fingerprint density at radius 2 is 1.38 bits per heavy atom. The van der Waals surface area contributed by atoms with Gasteiger partial charge < -0.3 is 4.90 Å². The van der Waals surface area contributed by atoms with Crippen LogP contribution >= 0.6 is 0 Å². The minimum Gasteiger partial charge on any atom is -0.304 e. The van der Waals surface area contributed by atoms with Crippen molar-refractivity contribution in [3.8, 4) is 22.3 Å². The summed E-state index contributed by atoms with van der Waals surface area (Å²) in [5.41, 5.74) is 0.407. The predicted molar refractivity (Wildman–Crippen MR) is 122 cm³/mol. The van der Waals surface area contributed by atoms with Crippen LogP contribution in [0.15, 0.2) is 42.5 Å². The van der Waals surface area contributed by atoms with Gasteiger partial charge in [-0.05, 0) is 41.9 Å². The molecule has 1 aliphatic heterocycles. The predicted octanol–water partition coefficient (Wildman–Crippen LogP) is 4.61. The first-order valence-corrected chi connectivity index (χ1v) is 11.0. The Hall–Kier alpha value is -3.30. The quantitative estimate of drug-likeness (QED) is 0.323. The number of benzene rings is 3. The largest absolute Gasteiger partial charge is 0.304 e. The number of hydrogen-bond acceptors (Lipinski definition) is 4. The number of aryl methyl sites for hydroxylation is 1. The summed E-state index contributed by atoms with van der Waals surface area (Å²) in [6.45, 7) is 4.20. The normalized spacial score (nSPS) is 15.4. The van der Waals surface area contributed by atoms with Crippen LogP contribution < -0.4 is 0 Å². The first kappa shape index (κ1) is 22.5. The van der Waals surface area contributed by atoms with Crippen LogP contribution in [0.1, 0.15) is 5.56 Å². The van der Waals surface area contributed by atoms with Gasteiger partial charge in [-0.15, -0.1) is 5.10 Å². The molecule has 2 heterocycles. The Balaban J connectivity index is 1.53. The standard InChI is InChI=1S/C25H23F4N5/c1-32-8-10-34(11-9-32)14-15-4-3-5-16(12-15)20-22(26)24(28)21(25(29)23(20)27)17-6-7-19-18(13-17)30-31-33(19)2/h3-7,12-13H,8-11,14H2,1-2H3. The molecule has 1 saturated heterocycles. The third-order valence-corrected chi connectivity index (χ3v) is 6.38. The van der Waals surface area contributed by atoms with E-state index < -0.39 is 34.4 Å². The van der Waals surface area contributed by atoms with E-state index in [9.17, 15) is 0 Å². The van der Waals surface area contributed by atoms with Gasteiger partial charge in [-0.2, -0.15) is 0 Å². The molecule has 176 valence electrons. The van der Waals surface area contributed by atoms with Crippen LogP contribution in [0.3, 0.4) is 0 Å². The molecule has 0 saturated carbocycles. The Kier molecular flexibility index (Phi) is 5.83. The topological polar surface area (TPSA) is 37.2 Å². The fourth-order valence-corrected chi connectivity index (χ4v) is 4.42. The molecule has 0 bridgehead atoms. The molecule has 34 heavy (non-hydrogen) atoms. The molecule has 0 radical (unpaired) electrons. The number of aromatic nitrogens is 3. The van der Waals surface area contributed by atoms with Crippen molar-refractivity contribution in [1.82, 2.24) is 24.8 Å². The first-order chi connectivity index (χ1) is 16.3. The molecule has 5 nitrogen and oxygen atoms in total. The van der Waals surface area contributed by atoms with Gasteiger partial charge in [-0.1, -0.05) is 29.5 Å². The van der Waals surface area contributed by atoms with E-state index in [0.29, 0.717) is 17.6 Å².